The van der Waals surface area contributed by atoms with Gasteiger partial charge in [-0.3, -0.25) is 9.78 Å². The lowest BCUT2D eigenvalue weighted by Crippen LogP contribution is -2.31. The molecule has 1 aromatic heterocycles. The molecule has 26 heavy (non-hydrogen) atoms. The van der Waals surface area contributed by atoms with Crippen molar-refractivity contribution in [3.63, 3.8) is 0 Å². The van der Waals surface area contributed by atoms with Crippen LogP contribution < -0.4 is 4.90 Å². The molecule has 3 nitrogen and oxygen atoms in total. The largest absolute Gasteiger partial charge is 0.306 e. The second-order valence-corrected chi connectivity index (χ2v) is 6.70. The maximum absolute atomic E-state index is 13.0. The second-order valence-electron chi connectivity index (χ2n) is 6.27. The fourth-order valence-electron chi connectivity index (χ4n) is 2.85. The van der Waals surface area contributed by atoms with Gasteiger partial charge in [0, 0.05) is 23.3 Å². The fourth-order valence-corrected chi connectivity index (χ4v) is 2.98. The van der Waals surface area contributed by atoms with Crippen LogP contribution in [0, 0.1) is 6.92 Å². The summed E-state index contributed by atoms with van der Waals surface area (Å²) in [5, 5.41) is 0.652. The lowest BCUT2D eigenvalue weighted by Gasteiger charge is -2.23. The highest BCUT2D eigenvalue weighted by Crippen LogP contribution is 2.21. The first kappa shape index (κ1) is 18.2. The van der Waals surface area contributed by atoms with Gasteiger partial charge in [0.2, 0.25) is 5.91 Å². The van der Waals surface area contributed by atoms with Gasteiger partial charge in [-0.1, -0.05) is 47.5 Å². The van der Waals surface area contributed by atoms with Crippen LogP contribution in [0.1, 0.15) is 23.2 Å². The Morgan fingerprint density at radius 2 is 1.85 bits per heavy atom. The molecule has 0 aliphatic heterocycles. The van der Waals surface area contributed by atoms with Crippen LogP contribution in [0.15, 0.2) is 72.9 Å². The Morgan fingerprint density at radius 1 is 1.04 bits per heavy atom. The maximum atomic E-state index is 13.0. The number of halogens is 1. The number of rotatable bonds is 6. The zero-order valence-corrected chi connectivity index (χ0v) is 15.5. The summed E-state index contributed by atoms with van der Waals surface area (Å²) in [6, 6.07) is 21.3. The van der Waals surface area contributed by atoms with Crippen molar-refractivity contribution in [2.75, 3.05) is 4.90 Å². The Bertz CT molecular complexity index is 863. The van der Waals surface area contributed by atoms with Gasteiger partial charge in [0.1, 0.15) is 0 Å². The van der Waals surface area contributed by atoms with Gasteiger partial charge >= 0.3 is 0 Å². The van der Waals surface area contributed by atoms with Crippen LogP contribution >= 0.6 is 11.6 Å². The van der Waals surface area contributed by atoms with Crippen molar-refractivity contribution < 1.29 is 4.79 Å². The summed E-state index contributed by atoms with van der Waals surface area (Å²) < 4.78 is 0. The zero-order valence-electron chi connectivity index (χ0n) is 14.7. The van der Waals surface area contributed by atoms with Crippen molar-refractivity contribution in [2.45, 2.75) is 26.3 Å². The highest BCUT2D eigenvalue weighted by atomic mass is 35.5. The molecule has 3 aromatic rings. The van der Waals surface area contributed by atoms with E-state index in [0.29, 0.717) is 24.4 Å². The molecule has 0 saturated carbocycles. The predicted molar refractivity (Wildman–Crippen MR) is 106 cm³/mol. The molecule has 0 spiro atoms. The van der Waals surface area contributed by atoms with Crippen molar-refractivity contribution in [3.05, 3.63) is 94.8 Å². The maximum Gasteiger partial charge on any atom is 0.227 e. The van der Waals surface area contributed by atoms with Crippen molar-refractivity contribution in [1.29, 1.82) is 0 Å². The van der Waals surface area contributed by atoms with Crippen LogP contribution in [0.3, 0.4) is 0 Å². The lowest BCUT2D eigenvalue weighted by atomic mass is 10.1. The molecule has 0 radical (unpaired) electrons. The monoisotopic (exact) mass is 364 g/mol. The molecule has 4 heteroatoms. The quantitative estimate of drug-likeness (QED) is 0.601. The van der Waals surface area contributed by atoms with Gasteiger partial charge in [-0.25, -0.2) is 0 Å². The molecule has 0 aliphatic carbocycles. The van der Waals surface area contributed by atoms with Crippen LogP contribution in [0.2, 0.25) is 5.02 Å². The van der Waals surface area contributed by atoms with Gasteiger partial charge in [0.15, 0.2) is 0 Å². The van der Waals surface area contributed by atoms with Gasteiger partial charge in [-0.2, -0.15) is 0 Å². The molecule has 0 unspecified atom stereocenters. The number of pyridine rings is 1. The highest BCUT2D eigenvalue weighted by molar-refractivity contribution is 6.30. The van der Waals surface area contributed by atoms with Gasteiger partial charge in [0.05, 0.1) is 12.2 Å². The van der Waals surface area contributed by atoms with Crippen LogP contribution in [-0.4, -0.2) is 10.9 Å². The van der Waals surface area contributed by atoms with Gasteiger partial charge < -0.3 is 4.90 Å². The number of anilines is 1. The third-order valence-electron chi connectivity index (χ3n) is 4.20. The Morgan fingerprint density at radius 3 is 2.54 bits per heavy atom. The molecule has 0 bridgehead atoms. The first-order valence-electron chi connectivity index (χ1n) is 8.63. The minimum Gasteiger partial charge on any atom is -0.306 e. The number of nitrogens with zero attached hydrogens (tertiary/aromatic N) is 2. The minimum absolute atomic E-state index is 0.0690. The van der Waals surface area contributed by atoms with E-state index < -0.39 is 0 Å². The smallest absolute Gasteiger partial charge is 0.227 e. The molecular formula is C22H21ClN2O. The molecule has 0 N–H and O–H groups in total. The predicted octanol–water partition coefficient (Wildman–Crippen LogP) is 5.21. The van der Waals surface area contributed by atoms with E-state index in [1.54, 1.807) is 23.2 Å². The molecule has 2 aromatic carbocycles. The molecular weight excluding hydrogens is 344 g/mol. The average Bonchev–Trinajstić information content (AvgIpc) is 2.66. The second kappa shape index (κ2) is 8.63. The number of hydrogen-bond donors (Lipinski definition) is 0. The van der Waals surface area contributed by atoms with Crippen LogP contribution in [0.5, 0.6) is 0 Å². The molecule has 0 atom stereocenters. The van der Waals surface area contributed by atoms with Gasteiger partial charge in [-0.15, -0.1) is 0 Å². The van der Waals surface area contributed by atoms with E-state index in [1.807, 2.05) is 36.4 Å². The number of hydrogen-bond acceptors (Lipinski definition) is 2. The van der Waals surface area contributed by atoms with Crippen LogP contribution in [0.25, 0.3) is 0 Å². The summed E-state index contributed by atoms with van der Waals surface area (Å²) in [7, 11) is 0. The first-order chi connectivity index (χ1) is 12.6. The Hall–Kier alpha value is -2.65. The van der Waals surface area contributed by atoms with E-state index in [0.717, 1.165) is 11.4 Å². The van der Waals surface area contributed by atoms with E-state index in [-0.39, 0.29) is 5.91 Å². The summed E-state index contributed by atoms with van der Waals surface area (Å²) >= 11 is 6.00. The van der Waals surface area contributed by atoms with E-state index in [2.05, 4.69) is 30.1 Å². The minimum atomic E-state index is 0.0690. The first-order valence-corrected chi connectivity index (χ1v) is 9.01. The topological polar surface area (TPSA) is 33.2 Å². The van der Waals surface area contributed by atoms with Gasteiger partial charge in [0.25, 0.3) is 0 Å². The molecule has 0 aliphatic rings. The lowest BCUT2D eigenvalue weighted by molar-refractivity contribution is -0.118. The van der Waals surface area contributed by atoms with E-state index in [4.69, 9.17) is 11.6 Å². The Balaban J connectivity index is 1.77. The van der Waals surface area contributed by atoms with E-state index >= 15 is 0 Å². The molecule has 1 heterocycles. The number of aromatic nitrogens is 1. The van der Waals surface area contributed by atoms with Crippen molar-refractivity contribution in [3.8, 4) is 0 Å². The normalized spacial score (nSPS) is 10.5. The summed E-state index contributed by atoms with van der Waals surface area (Å²) in [6.07, 6.45) is 2.90. The summed E-state index contributed by atoms with van der Waals surface area (Å²) in [4.78, 5) is 19.1. The standard InChI is InChI=1S/C22H21ClN2O/c1-17-5-4-6-18(15-17)8-13-22(26)25(16-20-7-2-3-14-24-20)21-11-9-19(23)10-12-21/h2-7,9-12,14-15H,8,13,16H2,1H3. The molecule has 0 saturated heterocycles. The summed E-state index contributed by atoms with van der Waals surface area (Å²) in [5.74, 6) is 0.0690. The number of aryl methyl sites for hydroxylation is 2. The fraction of sp³-hybridized carbons (Fsp3) is 0.182. The van der Waals surface area contributed by atoms with Crippen molar-refractivity contribution in [2.24, 2.45) is 0 Å². The summed E-state index contributed by atoms with van der Waals surface area (Å²) in [5.41, 5.74) is 4.06. The molecule has 3 rings (SSSR count). The van der Waals surface area contributed by atoms with E-state index in [9.17, 15) is 4.79 Å². The number of benzene rings is 2. The Labute approximate surface area is 159 Å². The van der Waals surface area contributed by atoms with Crippen LogP contribution in [-0.2, 0) is 17.8 Å². The Kier molecular flexibility index (Phi) is 6.03. The van der Waals surface area contributed by atoms with E-state index in [1.165, 1.54) is 11.1 Å². The van der Waals surface area contributed by atoms with Crippen molar-refractivity contribution in [1.82, 2.24) is 4.98 Å². The number of carbonyl (C=O) groups excluding carboxylic acids is 1. The molecule has 132 valence electrons. The molecule has 0 fully saturated rings. The van der Waals surface area contributed by atoms with Gasteiger partial charge in [-0.05, 0) is 55.3 Å². The number of amides is 1. The molecule has 1 amide bonds. The number of carbonyl (C=O) groups is 1. The third-order valence-corrected chi connectivity index (χ3v) is 4.45. The average molecular weight is 365 g/mol. The van der Waals surface area contributed by atoms with Crippen molar-refractivity contribution >= 4 is 23.2 Å². The van der Waals surface area contributed by atoms with Crippen LogP contribution in [0.4, 0.5) is 5.69 Å². The SMILES string of the molecule is Cc1cccc(CCC(=O)N(Cc2ccccn2)c2ccc(Cl)cc2)c1. The summed E-state index contributed by atoms with van der Waals surface area (Å²) in [6.45, 7) is 2.50. The third kappa shape index (κ3) is 4.93. The highest BCUT2D eigenvalue weighted by Gasteiger charge is 2.17. The zero-order chi connectivity index (χ0) is 18.4.